The Balaban J connectivity index is 1.64. The first-order valence-corrected chi connectivity index (χ1v) is 13.7. The molecule has 3 nitrogen and oxygen atoms in total. The van der Waals surface area contributed by atoms with Crippen molar-refractivity contribution in [3.8, 4) is 0 Å². The third-order valence-corrected chi connectivity index (χ3v) is 13.0. The van der Waals surface area contributed by atoms with Gasteiger partial charge < -0.3 is 13.9 Å². The SMILES string of the molecule is CC[C@@]12C[C@@H]1[C@H](O[Si](c1ccccc1)(c1ccccc1)C(C)(C)C)[C@@H]1OC(C)(C)O[C@@H]12. The molecule has 5 atom stereocenters. The Morgan fingerprint density at radius 3 is 1.97 bits per heavy atom. The first kappa shape index (κ1) is 21.4. The summed E-state index contributed by atoms with van der Waals surface area (Å²) in [6, 6.07) is 21.9. The molecule has 2 saturated carbocycles. The van der Waals surface area contributed by atoms with Gasteiger partial charge in [-0.05, 0) is 48.0 Å². The van der Waals surface area contributed by atoms with Crippen LogP contribution in [0, 0.1) is 11.3 Å². The van der Waals surface area contributed by atoms with E-state index in [4.69, 9.17) is 13.9 Å². The van der Waals surface area contributed by atoms with Gasteiger partial charge in [-0.3, -0.25) is 0 Å². The van der Waals surface area contributed by atoms with E-state index in [1.807, 2.05) is 13.8 Å². The van der Waals surface area contributed by atoms with Crippen LogP contribution in [0.4, 0.5) is 0 Å². The van der Waals surface area contributed by atoms with Crippen molar-refractivity contribution in [1.29, 1.82) is 0 Å². The van der Waals surface area contributed by atoms with Crippen molar-refractivity contribution >= 4 is 18.7 Å². The van der Waals surface area contributed by atoms with Crippen LogP contribution < -0.4 is 10.4 Å². The molecule has 0 aromatic heterocycles. The Bertz CT molecular complexity index is 896. The lowest BCUT2D eigenvalue weighted by Gasteiger charge is -2.45. The second-order valence-electron chi connectivity index (χ2n) is 11.2. The highest BCUT2D eigenvalue weighted by Crippen LogP contribution is 2.70. The molecule has 3 aliphatic rings. The largest absolute Gasteiger partial charge is 0.401 e. The molecule has 2 aliphatic carbocycles. The maximum absolute atomic E-state index is 7.56. The highest BCUT2D eigenvalue weighted by atomic mass is 28.4. The minimum atomic E-state index is -2.62. The maximum atomic E-state index is 7.56. The fraction of sp³-hybridized carbons (Fsp3) is 0.556. The quantitative estimate of drug-likeness (QED) is 0.625. The van der Waals surface area contributed by atoms with Crippen LogP contribution in [0.3, 0.4) is 0 Å². The van der Waals surface area contributed by atoms with Crippen molar-refractivity contribution in [3.63, 3.8) is 0 Å². The number of hydrogen-bond acceptors (Lipinski definition) is 3. The summed E-state index contributed by atoms with van der Waals surface area (Å²) in [6.07, 6.45) is 2.53. The predicted octanol–water partition coefficient (Wildman–Crippen LogP) is 4.88. The smallest absolute Gasteiger partial charge is 0.261 e. The lowest BCUT2D eigenvalue weighted by molar-refractivity contribution is -0.166. The van der Waals surface area contributed by atoms with Crippen molar-refractivity contribution in [2.75, 3.05) is 0 Å². The van der Waals surface area contributed by atoms with Crippen LogP contribution in [0.2, 0.25) is 5.04 Å². The summed E-state index contributed by atoms with van der Waals surface area (Å²) in [5, 5.41) is 2.63. The Hall–Kier alpha value is -1.46. The molecule has 3 fully saturated rings. The Labute approximate surface area is 188 Å². The topological polar surface area (TPSA) is 27.7 Å². The van der Waals surface area contributed by atoms with Gasteiger partial charge >= 0.3 is 0 Å². The average molecular weight is 437 g/mol. The van der Waals surface area contributed by atoms with Crippen molar-refractivity contribution in [1.82, 2.24) is 0 Å². The van der Waals surface area contributed by atoms with Crippen molar-refractivity contribution in [2.24, 2.45) is 11.3 Å². The molecule has 1 heterocycles. The number of hydrogen-bond donors (Lipinski definition) is 0. The third-order valence-electron chi connectivity index (χ3n) is 7.98. The van der Waals surface area contributed by atoms with Crippen LogP contribution in [-0.4, -0.2) is 32.4 Å². The predicted molar refractivity (Wildman–Crippen MR) is 127 cm³/mol. The molecule has 2 aromatic carbocycles. The summed E-state index contributed by atoms with van der Waals surface area (Å²) in [7, 11) is -2.62. The van der Waals surface area contributed by atoms with Gasteiger partial charge in [-0.1, -0.05) is 88.4 Å². The molecule has 0 bridgehead atoms. The third kappa shape index (κ3) is 3.10. The molecule has 0 unspecified atom stereocenters. The van der Waals surface area contributed by atoms with Gasteiger partial charge in [0.15, 0.2) is 5.79 Å². The lowest BCUT2D eigenvalue weighted by atomic mass is 9.96. The van der Waals surface area contributed by atoms with E-state index in [-0.39, 0.29) is 28.8 Å². The molecule has 166 valence electrons. The monoisotopic (exact) mass is 436 g/mol. The van der Waals surface area contributed by atoms with E-state index in [1.54, 1.807) is 0 Å². The van der Waals surface area contributed by atoms with Gasteiger partial charge in [0.1, 0.15) is 6.10 Å². The van der Waals surface area contributed by atoms with E-state index in [1.165, 1.54) is 16.8 Å². The van der Waals surface area contributed by atoms with Gasteiger partial charge in [0.2, 0.25) is 0 Å². The summed E-state index contributed by atoms with van der Waals surface area (Å²) in [6.45, 7) is 13.4. The zero-order chi connectivity index (χ0) is 22.1. The molecule has 0 radical (unpaired) electrons. The standard InChI is InChI=1S/C27H36O3Si/c1-7-27-18-21(27)22(23-24(27)29-26(5,6)28-23)30-31(25(2,3)4,19-14-10-8-11-15-19)20-16-12-9-13-17-20/h8-17,21-24H,7,18H2,1-6H3/t21-,22+,23+,24+,27-/m1/s1. The zero-order valence-electron chi connectivity index (χ0n) is 19.7. The first-order chi connectivity index (χ1) is 14.6. The number of ether oxygens (including phenoxy) is 2. The summed E-state index contributed by atoms with van der Waals surface area (Å²) >= 11 is 0. The minimum absolute atomic E-state index is 0.00958. The van der Waals surface area contributed by atoms with Gasteiger partial charge in [-0.25, -0.2) is 0 Å². The van der Waals surface area contributed by atoms with Gasteiger partial charge in [0.05, 0.1) is 12.2 Å². The fourth-order valence-corrected chi connectivity index (χ4v) is 11.2. The molecule has 0 amide bonds. The van der Waals surface area contributed by atoms with Crippen LogP contribution in [0.1, 0.15) is 54.4 Å². The number of rotatable bonds is 5. The van der Waals surface area contributed by atoms with Gasteiger partial charge in [0, 0.05) is 5.41 Å². The zero-order valence-corrected chi connectivity index (χ0v) is 20.7. The average Bonchev–Trinajstić information content (AvgIpc) is 3.31. The minimum Gasteiger partial charge on any atom is -0.401 e. The molecule has 1 aliphatic heterocycles. The van der Waals surface area contributed by atoms with E-state index in [9.17, 15) is 0 Å². The molecule has 5 rings (SSSR count). The summed E-state index contributed by atoms with van der Waals surface area (Å²) in [5.74, 6) is -0.0248. The van der Waals surface area contributed by atoms with E-state index < -0.39 is 14.1 Å². The second-order valence-corrected chi connectivity index (χ2v) is 15.4. The van der Waals surface area contributed by atoms with Crippen LogP contribution in [0.25, 0.3) is 0 Å². The van der Waals surface area contributed by atoms with Crippen LogP contribution >= 0.6 is 0 Å². The van der Waals surface area contributed by atoms with Gasteiger partial charge in [-0.2, -0.15) is 0 Å². The summed E-state index contributed by atoms with van der Waals surface area (Å²) in [5.41, 5.74) is 0.217. The normalized spacial score (nSPS) is 33.7. The highest BCUT2D eigenvalue weighted by Gasteiger charge is 2.76. The summed E-state index contributed by atoms with van der Waals surface area (Å²) < 4.78 is 20.6. The molecule has 0 spiro atoms. The number of benzene rings is 2. The van der Waals surface area contributed by atoms with Crippen LogP contribution in [-0.2, 0) is 13.9 Å². The van der Waals surface area contributed by atoms with Crippen molar-refractivity contribution < 1.29 is 13.9 Å². The number of fused-ring (bicyclic) bond motifs is 3. The van der Waals surface area contributed by atoms with E-state index in [0.717, 1.165) is 6.42 Å². The highest BCUT2D eigenvalue weighted by molar-refractivity contribution is 6.99. The molecule has 31 heavy (non-hydrogen) atoms. The van der Waals surface area contributed by atoms with Crippen molar-refractivity contribution in [3.05, 3.63) is 60.7 Å². The maximum Gasteiger partial charge on any atom is 0.261 e. The Morgan fingerprint density at radius 2 is 1.48 bits per heavy atom. The Morgan fingerprint density at radius 1 is 0.935 bits per heavy atom. The molecule has 1 saturated heterocycles. The fourth-order valence-electron chi connectivity index (χ4n) is 6.48. The molecular formula is C27H36O3Si. The van der Waals surface area contributed by atoms with Crippen LogP contribution in [0.15, 0.2) is 60.7 Å². The molecule has 4 heteroatoms. The van der Waals surface area contributed by atoms with E-state index in [0.29, 0.717) is 5.92 Å². The summed E-state index contributed by atoms with van der Waals surface area (Å²) in [4.78, 5) is 0. The van der Waals surface area contributed by atoms with E-state index >= 15 is 0 Å². The first-order valence-electron chi connectivity index (χ1n) is 11.8. The Kier molecular flexibility index (Phi) is 4.84. The molecular weight excluding hydrogens is 400 g/mol. The van der Waals surface area contributed by atoms with E-state index in [2.05, 4.69) is 88.4 Å². The van der Waals surface area contributed by atoms with Gasteiger partial charge in [0.25, 0.3) is 8.32 Å². The van der Waals surface area contributed by atoms with Crippen molar-refractivity contribution in [2.45, 2.75) is 83.5 Å². The lowest BCUT2D eigenvalue weighted by Crippen LogP contribution is -2.68. The molecule has 0 N–H and O–H groups in total. The molecule has 2 aromatic rings. The van der Waals surface area contributed by atoms with Crippen LogP contribution in [0.5, 0.6) is 0 Å². The second kappa shape index (κ2) is 7.02. The van der Waals surface area contributed by atoms with Gasteiger partial charge in [-0.15, -0.1) is 0 Å².